The normalized spacial score (nSPS) is 16.1. The maximum atomic E-state index is 12.6. The summed E-state index contributed by atoms with van der Waals surface area (Å²) < 4.78 is 34.2. The van der Waals surface area contributed by atoms with E-state index in [0.717, 1.165) is 13.0 Å². The van der Waals surface area contributed by atoms with Gasteiger partial charge in [0.05, 0.1) is 10.6 Å². The fraction of sp³-hybridized carbons (Fsp3) is 0.389. The predicted molar refractivity (Wildman–Crippen MR) is 101 cm³/mol. The molecule has 1 amide bonds. The predicted octanol–water partition coefficient (Wildman–Crippen LogP) is 2.61. The maximum absolute atomic E-state index is 12.6. The van der Waals surface area contributed by atoms with Crippen molar-refractivity contribution in [3.8, 4) is 0 Å². The molecule has 2 aromatic rings. The number of amides is 1. The number of hydrogen-bond donors (Lipinski definition) is 1. The van der Waals surface area contributed by atoms with Crippen molar-refractivity contribution in [1.29, 1.82) is 0 Å². The number of likely N-dealkylation sites (tertiary alicyclic amines) is 1. The van der Waals surface area contributed by atoms with Crippen LogP contribution in [0.25, 0.3) is 0 Å². The highest BCUT2D eigenvalue weighted by Crippen LogP contribution is 2.22. The van der Waals surface area contributed by atoms with E-state index >= 15 is 0 Å². The van der Waals surface area contributed by atoms with Crippen LogP contribution in [-0.4, -0.2) is 43.8 Å². The Morgan fingerprint density at radius 2 is 2.19 bits per heavy atom. The van der Waals surface area contributed by atoms with Crippen molar-refractivity contribution >= 4 is 27.5 Å². The van der Waals surface area contributed by atoms with Crippen LogP contribution in [-0.2, 0) is 16.4 Å². The molecule has 0 bridgehead atoms. The van der Waals surface area contributed by atoms with Gasteiger partial charge in [0.25, 0.3) is 15.9 Å². The third kappa shape index (κ3) is 4.02. The van der Waals surface area contributed by atoms with E-state index in [1.165, 1.54) is 12.1 Å². The number of benzene rings is 1. The Bertz CT molecular complexity index is 995. The van der Waals surface area contributed by atoms with Crippen LogP contribution in [0.3, 0.4) is 0 Å². The average Bonchev–Trinajstić information content (AvgIpc) is 3.20. The average molecular weight is 390 g/mol. The lowest BCUT2D eigenvalue weighted by Crippen LogP contribution is -2.20. The molecule has 0 radical (unpaired) electrons. The van der Waals surface area contributed by atoms with Crippen molar-refractivity contribution in [3.63, 3.8) is 0 Å². The van der Waals surface area contributed by atoms with Gasteiger partial charge < -0.3 is 14.7 Å². The molecule has 1 aromatic carbocycles. The van der Waals surface area contributed by atoms with Gasteiger partial charge in [-0.25, -0.2) is 0 Å². The second kappa shape index (κ2) is 7.51. The molecule has 0 unspecified atom stereocenters. The number of amidine groups is 1. The summed E-state index contributed by atoms with van der Waals surface area (Å²) in [4.78, 5) is 14.4. The van der Waals surface area contributed by atoms with Gasteiger partial charge in [0.15, 0.2) is 0 Å². The number of nitrogens with one attached hydrogen (secondary N) is 1. The second-order valence-electron chi connectivity index (χ2n) is 6.40. The molecule has 8 nitrogen and oxygen atoms in total. The molecule has 1 aliphatic rings. The van der Waals surface area contributed by atoms with Crippen LogP contribution >= 0.6 is 0 Å². The lowest BCUT2D eigenvalue weighted by molar-refractivity contribution is 0.102. The summed E-state index contributed by atoms with van der Waals surface area (Å²) in [6.07, 6.45) is 2.08. The van der Waals surface area contributed by atoms with Crippen LogP contribution < -0.4 is 5.32 Å². The quantitative estimate of drug-likeness (QED) is 0.841. The van der Waals surface area contributed by atoms with Gasteiger partial charge in [-0.05, 0) is 38.0 Å². The van der Waals surface area contributed by atoms with Gasteiger partial charge in [-0.15, -0.1) is 4.40 Å². The van der Waals surface area contributed by atoms with E-state index in [4.69, 9.17) is 4.52 Å². The smallest absolute Gasteiger partial charge is 0.284 e. The lowest BCUT2D eigenvalue weighted by atomic mass is 10.1. The minimum atomic E-state index is -3.85. The highest BCUT2D eigenvalue weighted by Gasteiger charge is 2.22. The van der Waals surface area contributed by atoms with Gasteiger partial charge >= 0.3 is 0 Å². The molecule has 1 N–H and O–H groups in total. The van der Waals surface area contributed by atoms with Crippen molar-refractivity contribution < 1.29 is 17.7 Å². The molecule has 144 valence electrons. The summed E-state index contributed by atoms with van der Waals surface area (Å²) in [5.74, 6) is 0.586. The summed E-state index contributed by atoms with van der Waals surface area (Å²) in [5, 5.41) is 6.58. The van der Waals surface area contributed by atoms with Gasteiger partial charge in [-0.2, -0.15) is 8.42 Å². The monoisotopic (exact) mass is 390 g/mol. The highest BCUT2D eigenvalue weighted by atomic mass is 32.2. The van der Waals surface area contributed by atoms with Crippen molar-refractivity contribution in [1.82, 2.24) is 10.1 Å². The summed E-state index contributed by atoms with van der Waals surface area (Å²) in [7, 11) is -2.02. The number of aromatic nitrogens is 1. The zero-order chi connectivity index (χ0) is 19.6. The van der Waals surface area contributed by atoms with E-state index < -0.39 is 10.0 Å². The number of carbonyl (C=O) groups excluding carboxylic acids is 1. The molecule has 1 aromatic heterocycles. The Kier molecular flexibility index (Phi) is 5.31. The first-order valence-corrected chi connectivity index (χ1v) is 10.2. The minimum absolute atomic E-state index is 0.0332. The van der Waals surface area contributed by atoms with Crippen molar-refractivity contribution in [2.45, 2.75) is 38.0 Å². The molecular formula is C18H22N4O4S. The number of anilines is 1. The largest absolute Gasteiger partial charge is 0.362 e. The topological polar surface area (TPSA) is 105 Å². The van der Waals surface area contributed by atoms with Crippen LogP contribution in [0, 0.1) is 6.92 Å². The molecule has 0 aliphatic carbocycles. The maximum Gasteiger partial charge on any atom is 0.284 e. The fourth-order valence-electron chi connectivity index (χ4n) is 2.98. The highest BCUT2D eigenvalue weighted by molar-refractivity contribution is 7.90. The van der Waals surface area contributed by atoms with Gasteiger partial charge in [-0.1, -0.05) is 18.1 Å². The lowest BCUT2D eigenvalue weighted by Gasteiger charge is -2.11. The molecule has 1 saturated heterocycles. The Morgan fingerprint density at radius 1 is 1.41 bits per heavy atom. The third-order valence-electron chi connectivity index (χ3n) is 4.45. The number of sulfonamides is 1. The molecule has 3 rings (SSSR count). The van der Waals surface area contributed by atoms with Crippen LogP contribution in [0.1, 0.15) is 41.6 Å². The van der Waals surface area contributed by atoms with E-state index in [9.17, 15) is 13.2 Å². The molecule has 0 saturated carbocycles. The van der Waals surface area contributed by atoms with Crippen LogP contribution in [0.5, 0.6) is 0 Å². The van der Waals surface area contributed by atoms with E-state index in [0.29, 0.717) is 41.4 Å². The fourth-order valence-corrected chi connectivity index (χ4v) is 4.12. The van der Waals surface area contributed by atoms with Crippen LogP contribution in [0.2, 0.25) is 0 Å². The standard InChI is InChI=1S/C18H22N4O4S/c1-4-15-17(12(2)26-20-15)18(23)19-13-7-5-8-14(11-13)27(24,25)21-16-9-6-10-22(16)3/h5,7-8,11H,4,6,9-10H2,1-3H3,(H,19,23)/b21-16-. The van der Waals surface area contributed by atoms with Crippen molar-refractivity contribution in [3.05, 3.63) is 41.3 Å². The molecule has 1 aliphatic heterocycles. The first-order chi connectivity index (χ1) is 12.8. The van der Waals surface area contributed by atoms with Gasteiger partial charge in [-0.3, -0.25) is 4.79 Å². The van der Waals surface area contributed by atoms with Gasteiger partial charge in [0, 0.05) is 25.7 Å². The molecule has 2 heterocycles. The molecule has 9 heteroatoms. The third-order valence-corrected chi connectivity index (χ3v) is 5.75. The molecule has 27 heavy (non-hydrogen) atoms. The zero-order valence-electron chi connectivity index (χ0n) is 15.5. The number of hydrogen-bond acceptors (Lipinski definition) is 5. The Morgan fingerprint density at radius 3 is 2.85 bits per heavy atom. The Balaban J connectivity index is 1.85. The van der Waals surface area contributed by atoms with E-state index in [2.05, 4.69) is 14.9 Å². The Hall–Kier alpha value is -2.68. The van der Waals surface area contributed by atoms with Crippen molar-refractivity contribution in [2.75, 3.05) is 18.9 Å². The number of carbonyl (C=O) groups is 1. The summed E-state index contributed by atoms with van der Waals surface area (Å²) in [6, 6.07) is 6.06. The van der Waals surface area contributed by atoms with Crippen LogP contribution in [0.15, 0.2) is 38.1 Å². The second-order valence-corrected chi connectivity index (χ2v) is 8.01. The van der Waals surface area contributed by atoms with Gasteiger partial charge in [0.2, 0.25) is 0 Å². The molecule has 0 spiro atoms. The zero-order valence-corrected chi connectivity index (χ0v) is 16.3. The first-order valence-electron chi connectivity index (χ1n) is 8.73. The molecule has 1 fully saturated rings. The molecular weight excluding hydrogens is 368 g/mol. The summed E-state index contributed by atoms with van der Waals surface area (Å²) >= 11 is 0. The SMILES string of the molecule is CCc1noc(C)c1C(=O)Nc1cccc(S(=O)(=O)/N=C2/CCCN2C)c1. The Labute approximate surface area is 158 Å². The van der Waals surface area contributed by atoms with Crippen LogP contribution in [0.4, 0.5) is 5.69 Å². The van der Waals surface area contributed by atoms with E-state index in [1.807, 2.05) is 18.9 Å². The molecule has 0 atom stereocenters. The first kappa shape index (κ1) is 19.1. The number of aryl methyl sites for hydroxylation is 2. The van der Waals surface area contributed by atoms with E-state index in [-0.39, 0.29) is 10.8 Å². The van der Waals surface area contributed by atoms with Gasteiger partial charge in [0.1, 0.15) is 17.2 Å². The number of rotatable bonds is 5. The summed E-state index contributed by atoms with van der Waals surface area (Å²) in [5.41, 5.74) is 1.30. The summed E-state index contributed by atoms with van der Waals surface area (Å²) in [6.45, 7) is 4.33. The minimum Gasteiger partial charge on any atom is -0.362 e. The van der Waals surface area contributed by atoms with E-state index in [1.54, 1.807) is 19.1 Å². The van der Waals surface area contributed by atoms with Crippen molar-refractivity contribution in [2.24, 2.45) is 4.40 Å². The number of nitrogens with zero attached hydrogens (tertiary/aromatic N) is 3.